The fourth-order valence-electron chi connectivity index (χ4n) is 5.00. The minimum Gasteiger partial charge on any atom is -0.333 e. The fraction of sp³-hybridized carbons (Fsp3) is 0.200. The van der Waals surface area contributed by atoms with E-state index in [0.29, 0.717) is 52.2 Å². The Morgan fingerprint density at radius 3 is 2.69 bits per heavy atom. The Morgan fingerprint density at radius 1 is 1.08 bits per heavy atom. The number of hydrogen-bond donors (Lipinski definition) is 2. The summed E-state index contributed by atoms with van der Waals surface area (Å²) in [5.41, 5.74) is 5.36. The van der Waals surface area contributed by atoms with Gasteiger partial charge in [0.05, 0.1) is 18.0 Å². The van der Waals surface area contributed by atoms with E-state index in [1.54, 1.807) is 36.5 Å². The lowest BCUT2D eigenvalue weighted by atomic mass is 9.95. The number of nitrogens with zero attached hydrogens (tertiary/aromatic N) is 4. The van der Waals surface area contributed by atoms with E-state index in [2.05, 4.69) is 15.6 Å². The molecule has 1 aromatic heterocycles. The van der Waals surface area contributed by atoms with Gasteiger partial charge in [0.1, 0.15) is 5.82 Å². The van der Waals surface area contributed by atoms with Gasteiger partial charge >= 0.3 is 0 Å². The molecule has 3 heterocycles. The van der Waals surface area contributed by atoms with Crippen LogP contribution in [0.5, 0.6) is 0 Å². The molecule has 2 aliphatic heterocycles. The summed E-state index contributed by atoms with van der Waals surface area (Å²) in [6, 6.07) is 19.5. The molecule has 9 heteroatoms. The van der Waals surface area contributed by atoms with Gasteiger partial charge < -0.3 is 15.5 Å². The van der Waals surface area contributed by atoms with Crippen molar-refractivity contribution < 1.29 is 9.18 Å². The van der Waals surface area contributed by atoms with Gasteiger partial charge in [0.15, 0.2) is 0 Å². The van der Waals surface area contributed by atoms with Crippen LogP contribution in [0.15, 0.2) is 77.9 Å². The molecule has 1 saturated heterocycles. The number of amides is 1. The number of fused-ring (bicyclic) bond motifs is 3. The number of halogens is 2. The van der Waals surface area contributed by atoms with Crippen molar-refractivity contribution in [1.29, 1.82) is 0 Å². The molecule has 0 aliphatic carbocycles. The van der Waals surface area contributed by atoms with E-state index in [-0.39, 0.29) is 17.8 Å². The molecule has 6 rings (SSSR count). The number of carbonyl (C=O) groups is 1. The molecular formula is C30H26ClFN6O. The van der Waals surface area contributed by atoms with Gasteiger partial charge in [-0.05, 0) is 55.5 Å². The lowest BCUT2D eigenvalue weighted by Gasteiger charge is -2.34. The number of hydrogen-bond acceptors (Lipinski definition) is 6. The second-order valence-corrected chi connectivity index (χ2v) is 10.1. The maximum Gasteiger partial charge on any atom is 0.254 e. The average molecular weight is 541 g/mol. The summed E-state index contributed by atoms with van der Waals surface area (Å²) in [5, 5.41) is 7.08. The van der Waals surface area contributed by atoms with Crippen LogP contribution in [0.1, 0.15) is 34.0 Å². The molecule has 0 bridgehead atoms. The summed E-state index contributed by atoms with van der Waals surface area (Å²) in [5.74, 6) is 0.0754. The Labute approximate surface area is 230 Å². The molecule has 39 heavy (non-hydrogen) atoms. The van der Waals surface area contributed by atoms with Gasteiger partial charge in [0, 0.05) is 70.4 Å². The van der Waals surface area contributed by atoms with Crippen LogP contribution >= 0.6 is 11.6 Å². The summed E-state index contributed by atoms with van der Waals surface area (Å²) >= 11 is 6.36. The van der Waals surface area contributed by atoms with Crippen LogP contribution in [-0.4, -0.2) is 52.2 Å². The smallest absolute Gasteiger partial charge is 0.254 e. The highest BCUT2D eigenvalue weighted by atomic mass is 35.5. The third kappa shape index (κ3) is 5.01. The van der Waals surface area contributed by atoms with Crippen LogP contribution in [0, 0.1) is 5.82 Å². The van der Waals surface area contributed by atoms with Crippen molar-refractivity contribution in [2.45, 2.75) is 19.5 Å². The lowest BCUT2D eigenvalue weighted by molar-refractivity contribution is 0.0656. The summed E-state index contributed by atoms with van der Waals surface area (Å²) in [7, 11) is 0. The Hall–Kier alpha value is -4.14. The first kappa shape index (κ1) is 25.2. The highest BCUT2D eigenvalue weighted by Gasteiger charge is 2.25. The third-order valence-electron chi connectivity index (χ3n) is 7.04. The van der Waals surface area contributed by atoms with Crippen LogP contribution in [0.3, 0.4) is 0 Å². The number of nitrogens with one attached hydrogen (secondary N) is 2. The molecule has 3 aromatic carbocycles. The van der Waals surface area contributed by atoms with Crippen LogP contribution in [0.2, 0.25) is 5.02 Å². The van der Waals surface area contributed by atoms with E-state index in [1.807, 2.05) is 42.2 Å². The predicted octanol–water partition coefficient (Wildman–Crippen LogP) is 5.46. The lowest BCUT2D eigenvalue weighted by Crippen LogP contribution is -2.52. The molecule has 196 valence electrons. The Kier molecular flexibility index (Phi) is 6.81. The topological polar surface area (TPSA) is 82.5 Å². The Bertz CT molecular complexity index is 1590. The number of rotatable bonds is 4. The van der Waals surface area contributed by atoms with Gasteiger partial charge in [0.25, 0.3) is 5.91 Å². The van der Waals surface area contributed by atoms with Gasteiger partial charge in [0.2, 0.25) is 5.95 Å². The molecule has 0 radical (unpaired) electrons. The van der Waals surface area contributed by atoms with Gasteiger partial charge in [-0.2, -0.15) is 0 Å². The van der Waals surface area contributed by atoms with Crippen LogP contribution in [-0.2, 0) is 6.54 Å². The average Bonchev–Trinajstić information content (AvgIpc) is 3.10. The van der Waals surface area contributed by atoms with E-state index in [9.17, 15) is 9.18 Å². The summed E-state index contributed by atoms with van der Waals surface area (Å²) < 4.78 is 14.8. The van der Waals surface area contributed by atoms with Crippen LogP contribution < -0.4 is 10.6 Å². The Morgan fingerprint density at radius 2 is 1.90 bits per heavy atom. The molecule has 1 unspecified atom stereocenters. The van der Waals surface area contributed by atoms with Gasteiger partial charge in [-0.15, -0.1) is 0 Å². The molecule has 0 saturated carbocycles. The van der Waals surface area contributed by atoms with Crippen molar-refractivity contribution >= 4 is 34.9 Å². The second kappa shape index (κ2) is 10.6. The van der Waals surface area contributed by atoms with E-state index in [0.717, 1.165) is 29.9 Å². The summed E-state index contributed by atoms with van der Waals surface area (Å²) in [6.45, 7) is 4.63. The largest absolute Gasteiger partial charge is 0.333 e. The monoisotopic (exact) mass is 540 g/mol. The molecule has 2 aliphatic rings. The number of benzene rings is 3. The number of aliphatic imine (C=N–C) groups is 1. The van der Waals surface area contributed by atoms with Crippen molar-refractivity contribution in [1.82, 2.24) is 20.2 Å². The molecular weight excluding hydrogens is 515 g/mol. The number of aromatic nitrogens is 2. The van der Waals surface area contributed by atoms with Crippen molar-refractivity contribution in [3.63, 3.8) is 0 Å². The van der Waals surface area contributed by atoms with Gasteiger partial charge in [-0.1, -0.05) is 29.8 Å². The molecule has 7 nitrogen and oxygen atoms in total. The summed E-state index contributed by atoms with van der Waals surface area (Å²) in [4.78, 5) is 28.9. The molecule has 2 N–H and O–H groups in total. The van der Waals surface area contributed by atoms with Crippen LogP contribution in [0.25, 0.3) is 11.3 Å². The SMILES string of the molecule is CC1CNCCN1C(=O)c1ccc(Nc2ncc3c(n2)-c2ccc(Cl)cc2C(c2ccccc2F)=NC3)cc1. The van der Waals surface area contributed by atoms with E-state index in [1.165, 1.54) is 6.07 Å². The third-order valence-corrected chi connectivity index (χ3v) is 7.28. The van der Waals surface area contributed by atoms with Crippen molar-refractivity contribution in [2.24, 2.45) is 4.99 Å². The first-order valence-corrected chi connectivity index (χ1v) is 13.2. The molecule has 1 atom stereocenters. The van der Waals surface area contributed by atoms with Gasteiger partial charge in [-0.25, -0.2) is 14.4 Å². The van der Waals surface area contributed by atoms with E-state index >= 15 is 0 Å². The zero-order chi connectivity index (χ0) is 26.9. The minimum absolute atomic E-state index is 0.0257. The normalized spacial score (nSPS) is 16.5. The Balaban J connectivity index is 1.29. The highest BCUT2D eigenvalue weighted by Crippen LogP contribution is 2.34. The fourth-order valence-corrected chi connectivity index (χ4v) is 5.17. The predicted molar refractivity (Wildman–Crippen MR) is 151 cm³/mol. The van der Waals surface area contributed by atoms with Crippen molar-refractivity contribution in [2.75, 3.05) is 25.0 Å². The standard InChI is InChI=1S/C30H26ClFN6O/c1-18-15-33-12-13-38(18)29(39)19-6-9-22(10-7-19)36-30-35-17-20-16-34-28(24-4-2-3-5-26(24)32)25-14-21(31)8-11-23(25)27(20)37-30/h2-11,14,17-18,33H,12-13,15-16H2,1H3,(H,35,36,37). The number of anilines is 2. The quantitative estimate of drug-likeness (QED) is 0.359. The van der Waals surface area contributed by atoms with E-state index < -0.39 is 0 Å². The first-order valence-electron chi connectivity index (χ1n) is 12.8. The minimum atomic E-state index is -0.352. The summed E-state index contributed by atoms with van der Waals surface area (Å²) in [6.07, 6.45) is 1.74. The number of carbonyl (C=O) groups excluding carboxylic acids is 1. The van der Waals surface area contributed by atoms with Crippen molar-refractivity contribution in [3.8, 4) is 11.3 Å². The number of piperazine rings is 1. The van der Waals surface area contributed by atoms with Gasteiger partial charge in [-0.3, -0.25) is 9.79 Å². The molecule has 4 aromatic rings. The first-order chi connectivity index (χ1) is 19.0. The van der Waals surface area contributed by atoms with E-state index in [4.69, 9.17) is 21.6 Å². The highest BCUT2D eigenvalue weighted by molar-refractivity contribution is 6.31. The van der Waals surface area contributed by atoms with Crippen LogP contribution in [0.4, 0.5) is 16.0 Å². The zero-order valence-corrected chi connectivity index (χ0v) is 22.0. The maximum atomic E-state index is 14.8. The second-order valence-electron chi connectivity index (χ2n) is 9.66. The molecule has 0 spiro atoms. The molecule has 1 fully saturated rings. The maximum absolute atomic E-state index is 14.8. The van der Waals surface area contributed by atoms with Crippen molar-refractivity contribution in [3.05, 3.63) is 106 Å². The zero-order valence-electron chi connectivity index (χ0n) is 21.3. The molecule has 1 amide bonds.